The van der Waals surface area contributed by atoms with Crippen LogP contribution in [0.25, 0.3) is 0 Å². The molecule has 1 aromatic heterocycles. The van der Waals surface area contributed by atoms with E-state index in [2.05, 4.69) is 15.5 Å². The van der Waals surface area contributed by atoms with Crippen LogP contribution < -0.4 is 19.5 Å². The summed E-state index contributed by atoms with van der Waals surface area (Å²) >= 11 is 0. The molecule has 0 radical (unpaired) electrons. The van der Waals surface area contributed by atoms with Crippen molar-refractivity contribution in [1.29, 1.82) is 0 Å². The molecule has 0 atom stereocenters. The Balaban J connectivity index is 2.24. The van der Waals surface area contributed by atoms with Crippen LogP contribution in [0.4, 0.5) is 5.69 Å². The molecule has 0 spiro atoms. The Morgan fingerprint density at radius 2 is 1.67 bits per heavy atom. The molecular formula is C15H21N3O3. The number of rotatable bonds is 6. The monoisotopic (exact) mass is 291 g/mol. The first-order chi connectivity index (χ1) is 10.1. The molecule has 0 aliphatic rings. The summed E-state index contributed by atoms with van der Waals surface area (Å²) < 4.78 is 16.0. The van der Waals surface area contributed by atoms with Crippen LogP contribution in [0.15, 0.2) is 12.1 Å². The number of aromatic nitrogens is 2. The Morgan fingerprint density at radius 1 is 1.05 bits per heavy atom. The first-order valence-electron chi connectivity index (χ1n) is 6.65. The standard InChI is InChI=1S/C15H21N3O3/c1-9-12(10(2)18-17-9)8-16-11-6-13(19-3)15(21-5)14(7-11)20-4/h6-7,16H,8H2,1-5H3,(H,17,18). The van der Waals surface area contributed by atoms with Gasteiger partial charge < -0.3 is 19.5 Å². The highest BCUT2D eigenvalue weighted by atomic mass is 16.5. The normalized spacial score (nSPS) is 10.3. The second kappa shape index (κ2) is 6.39. The van der Waals surface area contributed by atoms with E-state index in [4.69, 9.17) is 14.2 Å². The lowest BCUT2D eigenvalue weighted by molar-refractivity contribution is 0.324. The van der Waals surface area contributed by atoms with E-state index in [1.54, 1.807) is 21.3 Å². The number of ether oxygens (including phenoxy) is 3. The lowest BCUT2D eigenvalue weighted by Gasteiger charge is -2.15. The molecular weight excluding hydrogens is 270 g/mol. The van der Waals surface area contributed by atoms with Gasteiger partial charge in [0.05, 0.1) is 27.0 Å². The van der Waals surface area contributed by atoms with Crippen LogP contribution >= 0.6 is 0 Å². The summed E-state index contributed by atoms with van der Waals surface area (Å²) in [5, 5.41) is 10.5. The molecule has 1 aromatic carbocycles. The topological polar surface area (TPSA) is 68.4 Å². The molecule has 0 bridgehead atoms. The van der Waals surface area contributed by atoms with E-state index < -0.39 is 0 Å². The number of nitrogens with one attached hydrogen (secondary N) is 2. The predicted molar refractivity (Wildman–Crippen MR) is 81.5 cm³/mol. The summed E-state index contributed by atoms with van der Waals surface area (Å²) in [5.74, 6) is 1.83. The lowest BCUT2D eigenvalue weighted by atomic mass is 10.2. The van der Waals surface area contributed by atoms with E-state index in [1.165, 1.54) is 0 Å². The maximum absolute atomic E-state index is 5.34. The second-order valence-corrected chi connectivity index (χ2v) is 4.68. The van der Waals surface area contributed by atoms with Gasteiger partial charge in [-0.15, -0.1) is 0 Å². The number of H-pyrrole nitrogens is 1. The summed E-state index contributed by atoms with van der Waals surface area (Å²) in [6.45, 7) is 4.66. The molecule has 114 valence electrons. The number of methoxy groups -OCH3 is 3. The third-order valence-corrected chi connectivity index (χ3v) is 3.41. The van der Waals surface area contributed by atoms with Crippen molar-refractivity contribution in [2.75, 3.05) is 26.6 Å². The van der Waals surface area contributed by atoms with Gasteiger partial charge in [0, 0.05) is 35.6 Å². The summed E-state index contributed by atoms with van der Waals surface area (Å²) in [6.07, 6.45) is 0. The Morgan fingerprint density at radius 3 is 2.10 bits per heavy atom. The summed E-state index contributed by atoms with van der Waals surface area (Å²) in [6, 6.07) is 3.76. The van der Waals surface area contributed by atoms with Crippen LogP contribution in [0, 0.1) is 13.8 Å². The number of anilines is 1. The van der Waals surface area contributed by atoms with Gasteiger partial charge >= 0.3 is 0 Å². The van der Waals surface area contributed by atoms with Crippen molar-refractivity contribution in [3.05, 3.63) is 29.1 Å². The van der Waals surface area contributed by atoms with Gasteiger partial charge in [-0.2, -0.15) is 5.10 Å². The molecule has 0 amide bonds. The van der Waals surface area contributed by atoms with Crippen LogP contribution in [0.3, 0.4) is 0 Å². The molecule has 0 aliphatic carbocycles. The van der Waals surface area contributed by atoms with Crippen LogP contribution in [-0.4, -0.2) is 31.5 Å². The highest BCUT2D eigenvalue weighted by Crippen LogP contribution is 2.40. The van der Waals surface area contributed by atoms with Crippen LogP contribution in [0.2, 0.25) is 0 Å². The zero-order valence-corrected chi connectivity index (χ0v) is 13.0. The molecule has 2 rings (SSSR count). The van der Waals surface area contributed by atoms with E-state index in [-0.39, 0.29) is 0 Å². The molecule has 21 heavy (non-hydrogen) atoms. The van der Waals surface area contributed by atoms with E-state index in [0.717, 1.165) is 22.6 Å². The van der Waals surface area contributed by atoms with Gasteiger partial charge in [0.1, 0.15) is 0 Å². The Hall–Kier alpha value is -2.37. The van der Waals surface area contributed by atoms with E-state index in [0.29, 0.717) is 23.8 Å². The van der Waals surface area contributed by atoms with Crippen molar-refractivity contribution in [2.24, 2.45) is 0 Å². The minimum Gasteiger partial charge on any atom is -0.493 e. The zero-order chi connectivity index (χ0) is 15.4. The van der Waals surface area contributed by atoms with Crippen molar-refractivity contribution in [1.82, 2.24) is 10.2 Å². The molecule has 2 aromatic rings. The van der Waals surface area contributed by atoms with Gasteiger partial charge in [-0.3, -0.25) is 5.10 Å². The lowest BCUT2D eigenvalue weighted by Crippen LogP contribution is -2.03. The third kappa shape index (κ3) is 3.04. The highest BCUT2D eigenvalue weighted by molar-refractivity contribution is 5.62. The fourth-order valence-corrected chi connectivity index (χ4v) is 2.21. The second-order valence-electron chi connectivity index (χ2n) is 4.68. The first-order valence-corrected chi connectivity index (χ1v) is 6.65. The minimum atomic E-state index is 0.584. The average molecular weight is 291 g/mol. The fraction of sp³-hybridized carbons (Fsp3) is 0.400. The van der Waals surface area contributed by atoms with Gasteiger partial charge in [-0.05, 0) is 13.8 Å². The smallest absolute Gasteiger partial charge is 0.203 e. The molecule has 6 heteroatoms. The van der Waals surface area contributed by atoms with E-state index >= 15 is 0 Å². The number of aryl methyl sites for hydroxylation is 2. The third-order valence-electron chi connectivity index (χ3n) is 3.41. The number of nitrogens with zero attached hydrogens (tertiary/aromatic N) is 1. The summed E-state index contributed by atoms with van der Waals surface area (Å²) in [7, 11) is 4.79. The van der Waals surface area contributed by atoms with Crippen molar-refractivity contribution < 1.29 is 14.2 Å². The molecule has 0 unspecified atom stereocenters. The molecule has 0 aliphatic heterocycles. The van der Waals surface area contributed by atoms with Crippen molar-refractivity contribution in [3.63, 3.8) is 0 Å². The summed E-state index contributed by atoms with van der Waals surface area (Å²) in [4.78, 5) is 0. The number of aromatic amines is 1. The Kier molecular flexibility index (Phi) is 4.57. The molecule has 0 fully saturated rings. The van der Waals surface area contributed by atoms with Crippen LogP contribution in [-0.2, 0) is 6.54 Å². The van der Waals surface area contributed by atoms with E-state index in [1.807, 2.05) is 26.0 Å². The van der Waals surface area contributed by atoms with Crippen LogP contribution in [0.5, 0.6) is 17.2 Å². The minimum absolute atomic E-state index is 0.584. The number of benzene rings is 1. The average Bonchev–Trinajstić information content (AvgIpc) is 2.82. The molecule has 0 saturated heterocycles. The first kappa shape index (κ1) is 15.0. The van der Waals surface area contributed by atoms with Crippen molar-refractivity contribution in [3.8, 4) is 17.2 Å². The maximum Gasteiger partial charge on any atom is 0.203 e. The molecule has 2 N–H and O–H groups in total. The zero-order valence-electron chi connectivity index (χ0n) is 13.0. The largest absolute Gasteiger partial charge is 0.493 e. The van der Waals surface area contributed by atoms with Gasteiger partial charge in [0.15, 0.2) is 11.5 Å². The fourth-order valence-electron chi connectivity index (χ4n) is 2.21. The quantitative estimate of drug-likeness (QED) is 0.856. The van der Waals surface area contributed by atoms with Gasteiger partial charge in [0.25, 0.3) is 0 Å². The molecule has 1 heterocycles. The highest BCUT2D eigenvalue weighted by Gasteiger charge is 2.13. The van der Waals surface area contributed by atoms with Gasteiger partial charge in [0.2, 0.25) is 5.75 Å². The number of hydrogen-bond donors (Lipinski definition) is 2. The predicted octanol–water partition coefficient (Wildman–Crippen LogP) is 2.66. The van der Waals surface area contributed by atoms with Gasteiger partial charge in [-0.25, -0.2) is 0 Å². The van der Waals surface area contributed by atoms with Crippen molar-refractivity contribution in [2.45, 2.75) is 20.4 Å². The summed E-state index contributed by atoms with van der Waals surface area (Å²) in [5.41, 5.74) is 4.10. The van der Waals surface area contributed by atoms with E-state index in [9.17, 15) is 0 Å². The van der Waals surface area contributed by atoms with Gasteiger partial charge in [-0.1, -0.05) is 0 Å². The SMILES string of the molecule is COc1cc(NCc2c(C)n[nH]c2C)cc(OC)c1OC. The Bertz CT molecular complexity index is 578. The molecule has 0 saturated carbocycles. The number of hydrogen-bond acceptors (Lipinski definition) is 5. The molecule has 6 nitrogen and oxygen atoms in total. The van der Waals surface area contributed by atoms with Crippen molar-refractivity contribution >= 4 is 5.69 Å². The van der Waals surface area contributed by atoms with Crippen LogP contribution in [0.1, 0.15) is 17.0 Å². The Labute approximate surface area is 124 Å². The maximum atomic E-state index is 5.34.